The number of nitrogens with one attached hydrogen (secondary N) is 3. The maximum absolute atomic E-state index is 11.5. The number of nitrogens with two attached hydrogens (primary N) is 1. The van der Waals surface area contributed by atoms with E-state index in [2.05, 4.69) is 29.8 Å². The number of hydrogen-bond acceptors (Lipinski definition) is 3. The zero-order valence-corrected chi connectivity index (χ0v) is 11.9. The maximum atomic E-state index is 11.5. The molecule has 1 unspecified atom stereocenters. The van der Waals surface area contributed by atoms with Crippen LogP contribution in [0.5, 0.6) is 0 Å². The van der Waals surface area contributed by atoms with E-state index in [1.807, 2.05) is 18.2 Å². The number of urea groups is 1. The van der Waals surface area contributed by atoms with Crippen LogP contribution < -0.4 is 21.7 Å². The fraction of sp³-hybridized carbons (Fsp3) is 0.429. The van der Waals surface area contributed by atoms with Crippen LogP contribution in [0, 0.1) is 0 Å². The van der Waals surface area contributed by atoms with Gasteiger partial charge < -0.3 is 21.7 Å². The topological polar surface area (TPSA) is 96.2 Å². The first-order valence-corrected chi connectivity index (χ1v) is 6.69. The molecule has 0 saturated carbocycles. The van der Waals surface area contributed by atoms with Gasteiger partial charge in [0.15, 0.2) is 0 Å². The highest BCUT2D eigenvalue weighted by molar-refractivity contribution is 5.91. The van der Waals surface area contributed by atoms with E-state index in [4.69, 9.17) is 5.73 Å². The molecule has 5 N–H and O–H groups in total. The van der Waals surface area contributed by atoms with Crippen LogP contribution in [-0.2, 0) is 4.79 Å². The Hall–Kier alpha value is -2.08. The van der Waals surface area contributed by atoms with Crippen molar-refractivity contribution in [2.24, 2.45) is 5.73 Å². The van der Waals surface area contributed by atoms with Gasteiger partial charge in [0, 0.05) is 11.7 Å². The molecule has 0 bridgehead atoms. The first kappa shape index (κ1) is 16.0. The summed E-state index contributed by atoms with van der Waals surface area (Å²) in [4.78, 5) is 22.1. The highest BCUT2D eigenvalue weighted by Crippen LogP contribution is 2.17. The van der Waals surface area contributed by atoms with Crippen molar-refractivity contribution >= 4 is 17.6 Å². The summed E-state index contributed by atoms with van der Waals surface area (Å²) >= 11 is 0. The molecule has 6 heteroatoms. The van der Waals surface area contributed by atoms with E-state index in [0.29, 0.717) is 5.69 Å². The van der Waals surface area contributed by atoms with Crippen molar-refractivity contribution in [3.05, 3.63) is 29.8 Å². The lowest BCUT2D eigenvalue weighted by molar-refractivity contribution is -0.117. The lowest BCUT2D eigenvalue weighted by Gasteiger charge is -2.15. The molecule has 6 nitrogen and oxygen atoms in total. The minimum Gasteiger partial charge on any atom is -0.368 e. The Kier molecular flexibility index (Phi) is 6.52. The third kappa shape index (κ3) is 5.71. The number of rotatable bonds is 7. The Labute approximate surface area is 119 Å². The molecule has 0 heterocycles. The molecule has 0 saturated heterocycles. The quantitative estimate of drug-likeness (QED) is 0.606. The highest BCUT2D eigenvalue weighted by atomic mass is 16.2. The van der Waals surface area contributed by atoms with Crippen molar-refractivity contribution in [1.82, 2.24) is 10.6 Å². The molecule has 0 spiro atoms. The van der Waals surface area contributed by atoms with Gasteiger partial charge in [0.25, 0.3) is 0 Å². The van der Waals surface area contributed by atoms with E-state index < -0.39 is 11.9 Å². The minimum atomic E-state index is -0.578. The molecule has 20 heavy (non-hydrogen) atoms. The third-order valence-corrected chi connectivity index (χ3v) is 2.77. The number of anilines is 1. The fourth-order valence-corrected chi connectivity index (χ4v) is 1.71. The summed E-state index contributed by atoms with van der Waals surface area (Å²) < 4.78 is 0. The Morgan fingerprint density at radius 2 is 2.10 bits per heavy atom. The van der Waals surface area contributed by atoms with Crippen LogP contribution in [0.1, 0.15) is 31.9 Å². The van der Waals surface area contributed by atoms with Crippen molar-refractivity contribution < 1.29 is 9.59 Å². The molecule has 1 aromatic rings. The predicted octanol–water partition coefficient (Wildman–Crippen LogP) is 1.35. The number of hydrogen-bond donors (Lipinski definition) is 4. The van der Waals surface area contributed by atoms with Crippen molar-refractivity contribution in [3.63, 3.8) is 0 Å². The van der Waals surface area contributed by atoms with E-state index in [1.165, 1.54) is 0 Å². The van der Waals surface area contributed by atoms with Crippen molar-refractivity contribution in [3.8, 4) is 0 Å². The van der Waals surface area contributed by atoms with Crippen molar-refractivity contribution in [1.29, 1.82) is 0 Å². The molecule has 0 aliphatic rings. The Bertz CT molecular complexity index is 462. The smallest absolute Gasteiger partial charge is 0.319 e. The van der Waals surface area contributed by atoms with Gasteiger partial charge in [0.1, 0.15) is 0 Å². The molecule has 0 aliphatic carbocycles. The van der Waals surface area contributed by atoms with Gasteiger partial charge in [0.2, 0.25) is 5.91 Å². The molecule has 0 radical (unpaired) electrons. The normalized spacial score (nSPS) is 11.7. The summed E-state index contributed by atoms with van der Waals surface area (Å²) in [6.07, 6.45) is 1.07. The van der Waals surface area contributed by atoms with Gasteiger partial charge in [-0.2, -0.15) is 0 Å². The van der Waals surface area contributed by atoms with Crippen molar-refractivity contribution in [2.75, 3.05) is 18.4 Å². The molecule has 0 fully saturated rings. The molecule has 1 aromatic carbocycles. The van der Waals surface area contributed by atoms with Crippen LogP contribution in [0.2, 0.25) is 0 Å². The van der Waals surface area contributed by atoms with E-state index in [9.17, 15) is 9.59 Å². The predicted molar refractivity (Wildman–Crippen MR) is 79.4 cm³/mol. The van der Waals surface area contributed by atoms with E-state index in [1.54, 1.807) is 6.07 Å². The average Bonchev–Trinajstić information content (AvgIpc) is 2.42. The Balaban J connectivity index is 2.59. The van der Waals surface area contributed by atoms with Crippen LogP contribution in [0.15, 0.2) is 24.3 Å². The summed E-state index contributed by atoms with van der Waals surface area (Å²) in [5, 5.41) is 8.42. The third-order valence-electron chi connectivity index (χ3n) is 2.77. The zero-order valence-electron chi connectivity index (χ0n) is 11.9. The van der Waals surface area contributed by atoms with E-state index in [0.717, 1.165) is 18.5 Å². The first-order valence-electron chi connectivity index (χ1n) is 6.69. The fourth-order valence-electron chi connectivity index (χ4n) is 1.71. The molecule has 0 aliphatic heterocycles. The second-order valence-electron chi connectivity index (χ2n) is 4.58. The molecule has 1 rings (SSSR count). The largest absolute Gasteiger partial charge is 0.368 e. The van der Waals surface area contributed by atoms with E-state index in [-0.39, 0.29) is 12.6 Å². The standard InChI is InChI=1S/C14H22N4O2/c1-3-7-16-10(2)11-5-4-6-12(8-11)18-14(20)17-9-13(15)19/h4-6,8,10,16H,3,7,9H2,1-2H3,(H2,15,19)(H2,17,18,20). The monoisotopic (exact) mass is 278 g/mol. The Morgan fingerprint density at radius 3 is 2.75 bits per heavy atom. The van der Waals surface area contributed by atoms with E-state index >= 15 is 0 Å². The first-order chi connectivity index (χ1) is 9.52. The summed E-state index contributed by atoms with van der Waals surface area (Å²) in [5.74, 6) is -0.578. The van der Waals surface area contributed by atoms with Crippen LogP contribution in [-0.4, -0.2) is 25.0 Å². The van der Waals surface area contributed by atoms with Gasteiger partial charge in [-0.05, 0) is 37.6 Å². The molecule has 1 atom stereocenters. The number of carbonyl (C=O) groups is 2. The van der Waals surface area contributed by atoms with Crippen LogP contribution in [0.3, 0.4) is 0 Å². The number of carbonyl (C=O) groups excluding carboxylic acids is 2. The van der Waals surface area contributed by atoms with Gasteiger partial charge in [-0.3, -0.25) is 4.79 Å². The molecule has 110 valence electrons. The molecular formula is C14H22N4O2. The van der Waals surface area contributed by atoms with Gasteiger partial charge in [-0.15, -0.1) is 0 Å². The number of amides is 3. The zero-order chi connectivity index (χ0) is 15.0. The highest BCUT2D eigenvalue weighted by Gasteiger charge is 2.07. The lowest BCUT2D eigenvalue weighted by Crippen LogP contribution is -2.36. The number of benzene rings is 1. The van der Waals surface area contributed by atoms with Gasteiger partial charge in [-0.1, -0.05) is 19.1 Å². The molecule has 0 aromatic heterocycles. The van der Waals surface area contributed by atoms with Crippen LogP contribution in [0.25, 0.3) is 0 Å². The summed E-state index contributed by atoms with van der Waals surface area (Å²) in [6.45, 7) is 4.95. The van der Waals surface area contributed by atoms with Gasteiger partial charge in [-0.25, -0.2) is 4.79 Å². The van der Waals surface area contributed by atoms with Crippen molar-refractivity contribution in [2.45, 2.75) is 26.3 Å². The van der Waals surface area contributed by atoms with Gasteiger partial charge in [0.05, 0.1) is 6.54 Å². The second kappa shape index (κ2) is 8.16. The molecular weight excluding hydrogens is 256 g/mol. The summed E-state index contributed by atoms with van der Waals surface area (Å²) in [5.41, 5.74) is 6.72. The second-order valence-corrected chi connectivity index (χ2v) is 4.58. The summed E-state index contributed by atoms with van der Waals surface area (Å²) in [7, 11) is 0. The van der Waals surface area contributed by atoms with Gasteiger partial charge >= 0.3 is 6.03 Å². The maximum Gasteiger partial charge on any atom is 0.319 e. The minimum absolute atomic E-state index is 0.181. The molecule has 3 amide bonds. The number of primary amides is 1. The van der Waals surface area contributed by atoms with Crippen LogP contribution >= 0.6 is 0 Å². The lowest BCUT2D eigenvalue weighted by atomic mass is 10.1. The SMILES string of the molecule is CCCNC(C)c1cccc(NC(=O)NCC(N)=O)c1. The summed E-state index contributed by atoms with van der Waals surface area (Å²) in [6, 6.07) is 7.33. The Morgan fingerprint density at radius 1 is 1.35 bits per heavy atom. The average molecular weight is 278 g/mol. The van der Waals surface area contributed by atoms with Crippen LogP contribution in [0.4, 0.5) is 10.5 Å².